The van der Waals surface area contributed by atoms with Gasteiger partial charge in [0.1, 0.15) is 18.1 Å². The summed E-state index contributed by atoms with van der Waals surface area (Å²) in [6.45, 7) is 0.487. The normalized spacial score (nSPS) is 15.9. The molecule has 0 unspecified atom stereocenters. The molecule has 2 aliphatic rings. The third-order valence-corrected chi connectivity index (χ3v) is 8.69. The molecule has 6 heteroatoms. The van der Waals surface area contributed by atoms with Crippen LogP contribution in [0.2, 0.25) is 0 Å². The first-order valence-corrected chi connectivity index (χ1v) is 14.5. The highest BCUT2D eigenvalue weighted by Gasteiger charge is 2.32. The van der Waals surface area contributed by atoms with E-state index in [1.165, 1.54) is 22.5 Å². The average Bonchev–Trinajstić information content (AvgIpc) is 3.33. The number of methoxy groups -OCH3 is 1. The minimum Gasteiger partial charge on any atom is -0.497 e. The van der Waals surface area contributed by atoms with Gasteiger partial charge < -0.3 is 9.47 Å². The molecular weight excluding hydrogens is 528 g/mol. The molecular formula is C35H28N2O3S. The van der Waals surface area contributed by atoms with Gasteiger partial charge in [-0.2, -0.15) is 0 Å². The summed E-state index contributed by atoms with van der Waals surface area (Å²) in [6, 6.07) is 34.3. The molecule has 2 heterocycles. The molecule has 1 aliphatic heterocycles. The van der Waals surface area contributed by atoms with E-state index in [1.54, 1.807) is 7.11 Å². The van der Waals surface area contributed by atoms with Crippen LogP contribution in [0.5, 0.6) is 11.5 Å². The van der Waals surface area contributed by atoms with Gasteiger partial charge in [-0.3, -0.25) is 9.36 Å². The number of hydrogen-bond acceptors (Lipinski definition) is 5. The second-order valence-electron chi connectivity index (χ2n) is 10.2. The van der Waals surface area contributed by atoms with Crippen LogP contribution in [0.1, 0.15) is 40.3 Å². The fourth-order valence-corrected chi connectivity index (χ4v) is 6.70. The molecule has 41 heavy (non-hydrogen) atoms. The Kier molecular flexibility index (Phi) is 6.61. The zero-order chi connectivity index (χ0) is 27.8. The van der Waals surface area contributed by atoms with E-state index in [1.807, 2.05) is 77.4 Å². The Hall–Kier alpha value is -4.68. The molecule has 0 spiro atoms. The summed E-state index contributed by atoms with van der Waals surface area (Å²) in [7, 11) is 1.67. The zero-order valence-electron chi connectivity index (χ0n) is 22.6. The van der Waals surface area contributed by atoms with E-state index >= 15 is 0 Å². The van der Waals surface area contributed by atoms with E-state index in [0.29, 0.717) is 15.9 Å². The molecule has 5 aromatic rings. The quantitative estimate of drug-likeness (QED) is 0.262. The van der Waals surface area contributed by atoms with E-state index in [2.05, 4.69) is 36.4 Å². The number of nitrogens with zero attached hydrogens (tertiary/aromatic N) is 2. The monoisotopic (exact) mass is 556 g/mol. The van der Waals surface area contributed by atoms with Gasteiger partial charge in [-0.15, -0.1) is 0 Å². The van der Waals surface area contributed by atoms with Gasteiger partial charge in [0.2, 0.25) is 0 Å². The van der Waals surface area contributed by atoms with E-state index in [4.69, 9.17) is 14.5 Å². The molecule has 0 saturated heterocycles. The van der Waals surface area contributed by atoms with Crippen LogP contribution in [0, 0.1) is 0 Å². The molecule has 0 bridgehead atoms. The maximum Gasteiger partial charge on any atom is 0.271 e. The van der Waals surface area contributed by atoms with Crippen molar-refractivity contribution in [3.8, 4) is 11.5 Å². The molecule has 4 aromatic carbocycles. The summed E-state index contributed by atoms with van der Waals surface area (Å²) in [4.78, 5) is 19.9. The number of ether oxygens (including phenoxy) is 2. The largest absolute Gasteiger partial charge is 0.497 e. The zero-order valence-corrected chi connectivity index (χ0v) is 23.4. The number of allylic oxidation sites excluding steroid dienone is 1. The Bertz CT molecular complexity index is 1950. The van der Waals surface area contributed by atoms with Crippen LogP contribution in [-0.2, 0) is 13.0 Å². The highest BCUT2D eigenvalue weighted by atomic mass is 32.1. The molecule has 202 valence electrons. The number of hydrogen-bond donors (Lipinski definition) is 0. The molecule has 1 aliphatic carbocycles. The maximum atomic E-state index is 14.0. The van der Waals surface area contributed by atoms with E-state index in [9.17, 15) is 4.79 Å². The Labute approximate surface area is 242 Å². The highest BCUT2D eigenvalue weighted by molar-refractivity contribution is 7.07. The van der Waals surface area contributed by atoms with Crippen molar-refractivity contribution in [2.24, 2.45) is 4.99 Å². The molecule has 0 N–H and O–H groups in total. The first kappa shape index (κ1) is 25.3. The standard InChI is InChI=1S/C35H28N2O3S/c1-39-27-17-14-26(15-18-27)33-30-19-16-25-11-5-6-13-29(25)32(30)36-35-37(33)34(38)31(41-35)21-24-10-7-12-28(20-24)40-22-23-8-3-2-4-9-23/h2-15,17-18,20-21,33H,16,19,22H2,1H3/b31-21+/t33-/m0/s1. The van der Waals surface area contributed by atoms with Crippen molar-refractivity contribution < 1.29 is 9.47 Å². The van der Waals surface area contributed by atoms with Gasteiger partial charge >= 0.3 is 0 Å². The number of thiazole rings is 1. The van der Waals surface area contributed by atoms with Gasteiger partial charge in [-0.05, 0) is 71.0 Å². The van der Waals surface area contributed by atoms with Crippen molar-refractivity contribution >= 4 is 23.1 Å². The predicted octanol–water partition coefficient (Wildman–Crippen LogP) is 5.91. The van der Waals surface area contributed by atoms with Crippen LogP contribution in [0.25, 0.3) is 11.8 Å². The Morgan fingerprint density at radius 3 is 2.54 bits per heavy atom. The summed E-state index contributed by atoms with van der Waals surface area (Å²) in [5.74, 6) is 1.55. The fraction of sp³-hybridized carbons (Fsp3) is 0.143. The second kappa shape index (κ2) is 10.7. The molecule has 0 radical (unpaired) electrons. The summed E-state index contributed by atoms with van der Waals surface area (Å²) in [5, 5.41) is 0. The van der Waals surface area contributed by atoms with Crippen LogP contribution < -0.4 is 24.4 Å². The van der Waals surface area contributed by atoms with Crippen LogP contribution in [0.3, 0.4) is 0 Å². The van der Waals surface area contributed by atoms with E-state index < -0.39 is 0 Å². The smallest absolute Gasteiger partial charge is 0.271 e. The van der Waals surface area contributed by atoms with Gasteiger partial charge in [0.25, 0.3) is 5.56 Å². The van der Waals surface area contributed by atoms with Gasteiger partial charge in [-0.1, -0.05) is 90.2 Å². The summed E-state index contributed by atoms with van der Waals surface area (Å²) in [5.41, 5.74) is 7.68. The van der Waals surface area contributed by atoms with Crippen LogP contribution in [0.4, 0.5) is 0 Å². The number of aryl methyl sites for hydroxylation is 1. The molecule has 1 aromatic heterocycles. The summed E-state index contributed by atoms with van der Waals surface area (Å²) in [6.07, 6.45) is 3.73. The Morgan fingerprint density at radius 2 is 1.71 bits per heavy atom. The minimum absolute atomic E-state index is 0.0319. The lowest BCUT2D eigenvalue weighted by Crippen LogP contribution is -2.38. The summed E-state index contributed by atoms with van der Waals surface area (Å²) >= 11 is 1.44. The van der Waals surface area contributed by atoms with Crippen LogP contribution in [-0.4, -0.2) is 11.7 Å². The van der Waals surface area contributed by atoms with Crippen LogP contribution >= 0.6 is 11.3 Å². The molecule has 1 atom stereocenters. The summed E-state index contributed by atoms with van der Waals surface area (Å²) < 4.78 is 14.0. The van der Waals surface area contributed by atoms with Gasteiger partial charge in [-0.25, -0.2) is 4.99 Å². The third kappa shape index (κ3) is 4.81. The van der Waals surface area contributed by atoms with Gasteiger partial charge in [0.15, 0.2) is 4.80 Å². The first-order valence-electron chi connectivity index (χ1n) is 13.7. The van der Waals surface area contributed by atoms with Crippen molar-refractivity contribution in [3.63, 3.8) is 0 Å². The SMILES string of the molecule is COc1ccc([C@H]2C3=C(N=c4s/c(=C/c5cccc(OCc6ccccc6)c5)c(=O)n42)c2ccccc2CC3)cc1. The van der Waals surface area contributed by atoms with E-state index in [-0.39, 0.29) is 11.6 Å². The predicted molar refractivity (Wildman–Crippen MR) is 163 cm³/mol. The van der Waals surface area contributed by atoms with E-state index in [0.717, 1.165) is 52.3 Å². The fourth-order valence-electron chi connectivity index (χ4n) is 5.69. The Morgan fingerprint density at radius 1 is 0.902 bits per heavy atom. The van der Waals surface area contributed by atoms with Crippen molar-refractivity contribution in [1.29, 1.82) is 0 Å². The molecule has 7 rings (SSSR count). The molecule has 0 fully saturated rings. The second-order valence-corrected chi connectivity index (χ2v) is 11.2. The number of benzene rings is 4. The van der Waals surface area contributed by atoms with Gasteiger partial charge in [0.05, 0.1) is 23.4 Å². The van der Waals surface area contributed by atoms with Crippen molar-refractivity contribution in [2.45, 2.75) is 25.5 Å². The first-order chi connectivity index (χ1) is 20.2. The topological polar surface area (TPSA) is 52.8 Å². The lowest BCUT2D eigenvalue weighted by Gasteiger charge is -2.30. The molecule has 5 nitrogen and oxygen atoms in total. The highest BCUT2D eigenvalue weighted by Crippen LogP contribution is 2.41. The molecule has 0 amide bonds. The number of fused-ring (bicyclic) bond motifs is 3. The third-order valence-electron chi connectivity index (χ3n) is 7.71. The maximum absolute atomic E-state index is 14.0. The van der Waals surface area contributed by atoms with Crippen molar-refractivity contribution in [2.75, 3.05) is 7.11 Å². The van der Waals surface area contributed by atoms with Crippen molar-refractivity contribution in [1.82, 2.24) is 4.57 Å². The van der Waals surface area contributed by atoms with Crippen LogP contribution in [0.15, 0.2) is 118 Å². The lowest BCUT2D eigenvalue weighted by atomic mass is 9.83. The van der Waals surface area contributed by atoms with Gasteiger partial charge in [0, 0.05) is 5.56 Å². The molecule has 0 saturated carbocycles. The van der Waals surface area contributed by atoms with Crippen molar-refractivity contribution in [3.05, 3.63) is 156 Å². The Balaban J connectivity index is 1.32. The number of rotatable bonds is 6. The number of aromatic nitrogens is 1. The minimum atomic E-state index is -0.219. The average molecular weight is 557 g/mol. The lowest BCUT2D eigenvalue weighted by molar-refractivity contribution is 0.306.